The second-order valence-electron chi connectivity index (χ2n) is 9.75. The van der Waals surface area contributed by atoms with Crippen LogP contribution in [0.1, 0.15) is 110 Å². The summed E-state index contributed by atoms with van der Waals surface area (Å²) in [4.78, 5) is 12.4. The molecule has 0 saturated heterocycles. The van der Waals surface area contributed by atoms with E-state index in [1.165, 1.54) is 63.4 Å². The average Bonchev–Trinajstić information content (AvgIpc) is 2.67. The summed E-state index contributed by atoms with van der Waals surface area (Å²) in [6.07, 6.45) is 15.6. The van der Waals surface area contributed by atoms with Crippen molar-refractivity contribution in [3.8, 4) is 5.75 Å². The fourth-order valence-corrected chi connectivity index (χ4v) is 4.08. The van der Waals surface area contributed by atoms with E-state index in [1.54, 1.807) is 0 Å². The van der Waals surface area contributed by atoms with E-state index in [2.05, 4.69) is 38.2 Å². The lowest BCUT2D eigenvalue weighted by Gasteiger charge is -2.20. The third-order valence-electron chi connectivity index (χ3n) is 6.01. The molecule has 1 amide bonds. The highest BCUT2D eigenvalue weighted by Crippen LogP contribution is 2.24. The summed E-state index contributed by atoms with van der Waals surface area (Å²) in [5, 5.41) is 3.30. The van der Waals surface area contributed by atoms with E-state index in [0.29, 0.717) is 19.1 Å². The summed E-state index contributed by atoms with van der Waals surface area (Å²) in [5.74, 6) is 1.08. The molecule has 2 rings (SSSR count). The minimum atomic E-state index is 0.157. The fraction of sp³-hybridized carbons (Fsp3) is 0.731. The average molecular weight is 402 g/mol. The van der Waals surface area contributed by atoms with Crippen molar-refractivity contribution in [2.45, 2.75) is 116 Å². The molecule has 1 fully saturated rings. The number of benzene rings is 1. The molecule has 164 valence electrons. The van der Waals surface area contributed by atoms with Crippen LogP contribution >= 0.6 is 0 Å². The van der Waals surface area contributed by atoms with Gasteiger partial charge in [0.25, 0.3) is 0 Å². The van der Waals surface area contributed by atoms with Crippen LogP contribution in [0.5, 0.6) is 5.75 Å². The Labute approximate surface area is 179 Å². The Bertz CT molecular complexity index is 561. The summed E-state index contributed by atoms with van der Waals surface area (Å²) in [7, 11) is 0. The molecule has 0 bridgehead atoms. The largest absolute Gasteiger partial charge is 0.494 e. The molecule has 1 aromatic rings. The Morgan fingerprint density at radius 3 is 1.93 bits per heavy atom. The molecule has 3 heteroatoms. The first-order chi connectivity index (χ1) is 13.9. The van der Waals surface area contributed by atoms with Crippen molar-refractivity contribution in [2.75, 3.05) is 6.61 Å². The van der Waals surface area contributed by atoms with Gasteiger partial charge in [0.05, 0.1) is 6.61 Å². The lowest BCUT2D eigenvalue weighted by atomic mass is 9.87. The van der Waals surface area contributed by atoms with Gasteiger partial charge in [-0.2, -0.15) is 0 Å². The topological polar surface area (TPSA) is 38.3 Å². The Kier molecular flexibility index (Phi) is 10.6. The van der Waals surface area contributed by atoms with E-state index in [0.717, 1.165) is 25.0 Å². The van der Waals surface area contributed by atoms with Gasteiger partial charge in [0, 0.05) is 12.5 Å². The van der Waals surface area contributed by atoms with E-state index in [9.17, 15) is 4.79 Å². The van der Waals surface area contributed by atoms with Gasteiger partial charge in [-0.1, -0.05) is 90.7 Å². The number of carbonyl (C=O) groups excluding carboxylic acids is 1. The summed E-state index contributed by atoms with van der Waals surface area (Å²) in [6, 6.07) is 8.70. The van der Waals surface area contributed by atoms with Crippen LogP contribution in [0.2, 0.25) is 0 Å². The maximum atomic E-state index is 12.4. The van der Waals surface area contributed by atoms with Crippen LogP contribution in [0.3, 0.4) is 0 Å². The molecule has 0 unspecified atom stereocenters. The van der Waals surface area contributed by atoms with Gasteiger partial charge in [-0.05, 0) is 42.4 Å². The minimum Gasteiger partial charge on any atom is -0.494 e. The first-order valence-electron chi connectivity index (χ1n) is 12.0. The van der Waals surface area contributed by atoms with Gasteiger partial charge < -0.3 is 10.1 Å². The molecule has 0 radical (unpaired) electrons. The summed E-state index contributed by atoms with van der Waals surface area (Å²) < 4.78 is 5.83. The quantitative estimate of drug-likeness (QED) is 0.525. The van der Waals surface area contributed by atoms with Crippen LogP contribution < -0.4 is 10.1 Å². The van der Waals surface area contributed by atoms with Crippen LogP contribution in [-0.2, 0) is 10.2 Å². The molecule has 1 N–H and O–H groups in total. The first-order valence-corrected chi connectivity index (χ1v) is 12.0. The van der Waals surface area contributed by atoms with Crippen molar-refractivity contribution < 1.29 is 9.53 Å². The summed E-state index contributed by atoms with van der Waals surface area (Å²) in [5.41, 5.74) is 1.46. The highest BCUT2D eigenvalue weighted by atomic mass is 16.5. The smallest absolute Gasteiger partial charge is 0.220 e. The van der Waals surface area contributed by atoms with Crippen molar-refractivity contribution in [1.29, 1.82) is 0 Å². The van der Waals surface area contributed by atoms with Crippen LogP contribution in [-0.4, -0.2) is 18.6 Å². The first kappa shape index (κ1) is 23.8. The van der Waals surface area contributed by atoms with Crippen LogP contribution in [0.4, 0.5) is 0 Å². The zero-order valence-electron chi connectivity index (χ0n) is 19.1. The Balaban J connectivity index is 1.65. The molecule has 1 aromatic carbocycles. The molecule has 0 aromatic heterocycles. The van der Waals surface area contributed by atoms with Crippen LogP contribution in [0, 0.1) is 0 Å². The molecule has 0 heterocycles. The van der Waals surface area contributed by atoms with E-state index in [4.69, 9.17) is 4.74 Å². The number of ether oxygens (including phenoxy) is 1. The number of amides is 1. The van der Waals surface area contributed by atoms with E-state index < -0.39 is 0 Å². The highest BCUT2D eigenvalue weighted by Gasteiger charge is 2.14. The van der Waals surface area contributed by atoms with Crippen molar-refractivity contribution in [3.05, 3.63) is 29.8 Å². The number of carbonyl (C=O) groups is 1. The van der Waals surface area contributed by atoms with Crippen molar-refractivity contribution in [1.82, 2.24) is 5.32 Å². The molecule has 0 aliphatic heterocycles. The van der Waals surface area contributed by atoms with E-state index >= 15 is 0 Å². The standard InChI is InChI=1S/C26H43NO2/c1-26(2,3)22-17-19-24(20-18-22)29-21-13-16-25(28)27-23-14-11-9-7-5-4-6-8-10-12-15-23/h17-20,23H,4-16,21H2,1-3H3,(H,27,28). The molecule has 0 atom stereocenters. The Hall–Kier alpha value is -1.51. The number of nitrogens with one attached hydrogen (secondary N) is 1. The molecular weight excluding hydrogens is 358 g/mol. The lowest BCUT2D eigenvalue weighted by molar-refractivity contribution is -0.122. The van der Waals surface area contributed by atoms with Crippen LogP contribution in [0.15, 0.2) is 24.3 Å². The maximum absolute atomic E-state index is 12.4. The lowest BCUT2D eigenvalue weighted by Crippen LogP contribution is -2.35. The SMILES string of the molecule is CC(C)(C)c1ccc(OCCCC(=O)NC2CCCCCCCCCCC2)cc1. The maximum Gasteiger partial charge on any atom is 0.220 e. The van der Waals surface area contributed by atoms with E-state index in [1.807, 2.05) is 12.1 Å². The van der Waals surface area contributed by atoms with Crippen molar-refractivity contribution in [2.24, 2.45) is 0 Å². The van der Waals surface area contributed by atoms with Gasteiger partial charge >= 0.3 is 0 Å². The van der Waals surface area contributed by atoms with Gasteiger partial charge in [0.1, 0.15) is 5.75 Å². The van der Waals surface area contributed by atoms with Crippen molar-refractivity contribution >= 4 is 5.91 Å². The molecule has 0 spiro atoms. The van der Waals surface area contributed by atoms with E-state index in [-0.39, 0.29) is 11.3 Å². The highest BCUT2D eigenvalue weighted by molar-refractivity contribution is 5.76. The Morgan fingerprint density at radius 1 is 0.897 bits per heavy atom. The predicted octanol–water partition coefficient (Wildman–Crippen LogP) is 6.93. The number of hydrogen-bond acceptors (Lipinski definition) is 2. The second kappa shape index (κ2) is 12.9. The van der Waals surface area contributed by atoms with Gasteiger partial charge in [0.15, 0.2) is 0 Å². The predicted molar refractivity (Wildman–Crippen MR) is 123 cm³/mol. The number of hydrogen-bond donors (Lipinski definition) is 1. The molecular formula is C26H43NO2. The molecule has 1 aliphatic carbocycles. The number of rotatable bonds is 6. The fourth-order valence-electron chi connectivity index (χ4n) is 4.08. The molecule has 29 heavy (non-hydrogen) atoms. The molecule has 1 saturated carbocycles. The third-order valence-corrected chi connectivity index (χ3v) is 6.01. The van der Waals surface area contributed by atoms with Gasteiger partial charge in [-0.15, -0.1) is 0 Å². The summed E-state index contributed by atoms with van der Waals surface area (Å²) in [6.45, 7) is 7.23. The molecule has 3 nitrogen and oxygen atoms in total. The second-order valence-corrected chi connectivity index (χ2v) is 9.75. The van der Waals surface area contributed by atoms with Gasteiger partial charge in [0.2, 0.25) is 5.91 Å². The molecule has 1 aliphatic rings. The Morgan fingerprint density at radius 2 is 1.41 bits per heavy atom. The van der Waals surface area contributed by atoms with Crippen molar-refractivity contribution in [3.63, 3.8) is 0 Å². The third kappa shape index (κ3) is 10.2. The zero-order chi connectivity index (χ0) is 21.0. The van der Waals surface area contributed by atoms with Gasteiger partial charge in [-0.25, -0.2) is 0 Å². The monoisotopic (exact) mass is 401 g/mol. The zero-order valence-corrected chi connectivity index (χ0v) is 19.1. The minimum absolute atomic E-state index is 0.157. The van der Waals surface area contributed by atoms with Gasteiger partial charge in [-0.3, -0.25) is 4.79 Å². The normalized spacial score (nSPS) is 17.8. The summed E-state index contributed by atoms with van der Waals surface area (Å²) >= 11 is 0. The van der Waals surface area contributed by atoms with Crippen LogP contribution in [0.25, 0.3) is 0 Å².